The molecule has 2 heteroatoms. The van der Waals surface area contributed by atoms with Gasteiger partial charge in [0.25, 0.3) is 0 Å². The van der Waals surface area contributed by atoms with E-state index in [-0.39, 0.29) is 11.3 Å². The van der Waals surface area contributed by atoms with Crippen LogP contribution in [0.15, 0.2) is 0 Å². The van der Waals surface area contributed by atoms with Gasteiger partial charge in [-0.15, -0.1) is 0 Å². The van der Waals surface area contributed by atoms with Gasteiger partial charge in [0.1, 0.15) is 5.72 Å². The van der Waals surface area contributed by atoms with Crippen LogP contribution in [0.5, 0.6) is 0 Å². The highest BCUT2D eigenvalue weighted by molar-refractivity contribution is 5.17. The Kier molecular flexibility index (Phi) is 3.58. The molecule has 0 aromatic heterocycles. The van der Waals surface area contributed by atoms with Gasteiger partial charge in [-0.2, -0.15) is 0 Å². The molecule has 142 valence electrons. The quantitative estimate of drug-likeness (QED) is 0.624. The summed E-state index contributed by atoms with van der Waals surface area (Å²) in [6, 6.07) is 0. The second-order valence-corrected chi connectivity index (χ2v) is 11.4. The molecular formula is C23H39NO. The Balaban J connectivity index is 1.46. The molecule has 1 heterocycles. The summed E-state index contributed by atoms with van der Waals surface area (Å²) in [5.74, 6) is 3.92. The third-order valence-corrected chi connectivity index (χ3v) is 10.1. The van der Waals surface area contributed by atoms with E-state index in [1.807, 2.05) is 0 Å². The Bertz CT molecular complexity index is 558. The molecule has 4 saturated carbocycles. The van der Waals surface area contributed by atoms with Crippen LogP contribution in [0.1, 0.15) is 91.9 Å². The van der Waals surface area contributed by atoms with Gasteiger partial charge in [-0.3, -0.25) is 5.32 Å². The molecule has 1 spiro atoms. The van der Waals surface area contributed by atoms with Gasteiger partial charge in [0.2, 0.25) is 0 Å². The van der Waals surface area contributed by atoms with Gasteiger partial charge in [0.15, 0.2) is 0 Å². The molecule has 1 saturated heterocycles. The monoisotopic (exact) mass is 345 g/mol. The fraction of sp³-hybridized carbons (Fsp3) is 1.00. The highest BCUT2D eigenvalue weighted by Gasteiger charge is 2.67. The van der Waals surface area contributed by atoms with Gasteiger partial charge >= 0.3 is 0 Å². The normalized spacial score (nSPS) is 57.1. The summed E-state index contributed by atoms with van der Waals surface area (Å²) in [5, 5.41) is 3.69. The molecule has 5 fully saturated rings. The SMILES string of the molecule is CC1(C)NC[C@@]2(CC[C@@H]3[C@H]4CC[C@H]5CCCC[C@]5(C)[C@@H]4CC[C@@]32C)O1. The van der Waals surface area contributed by atoms with Crippen molar-refractivity contribution in [3.63, 3.8) is 0 Å². The lowest BCUT2D eigenvalue weighted by atomic mass is 9.44. The summed E-state index contributed by atoms with van der Waals surface area (Å²) >= 11 is 0. The molecule has 1 N–H and O–H groups in total. The van der Waals surface area contributed by atoms with Crippen molar-refractivity contribution in [1.29, 1.82) is 0 Å². The van der Waals surface area contributed by atoms with E-state index in [1.54, 1.807) is 0 Å². The van der Waals surface area contributed by atoms with Gasteiger partial charge in [0.05, 0.1) is 5.60 Å². The van der Waals surface area contributed by atoms with Gasteiger partial charge in [0, 0.05) is 12.0 Å². The van der Waals surface area contributed by atoms with Crippen LogP contribution in [0, 0.1) is 34.5 Å². The highest BCUT2D eigenvalue weighted by Crippen LogP contribution is 2.69. The molecule has 0 aromatic rings. The summed E-state index contributed by atoms with van der Waals surface area (Å²) in [7, 11) is 0. The van der Waals surface area contributed by atoms with E-state index in [4.69, 9.17) is 4.74 Å². The number of fused-ring (bicyclic) bond motifs is 6. The third-order valence-electron chi connectivity index (χ3n) is 10.1. The number of nitrogens with one attached hydrogen (secondary N) is 1. The molecule has 0 aromatic carbocycles. The van der Waals surface area contributed by atoms with Crippen LogP contribution < -0.4 is 5.32 Å². The fourth-order valence-corrected chi connectivity index (χ4v) is 8.76. The summed E-state index contributed by atoms with van der Waals surface area (Å²) < 4.78 is 6.77. The zero-order chi connectivity index (χ0) is 17.5. The van der Waals surface area contributed by atoms with E-state index < -0.39 is 0 Å². The Morgan fingerprint density at radius 3 is 2.36 bits per heavy atom. The first-order valence-electron chi connectivity index (χ1n) is 11.2. The van der Waals surface area contributed by atoms with Crippen LogP contribution in [-0.4, -0.2) is 17.9 Å². The summed E-state index contributed by atoms with van der Waals surface area (Å²) in [6.07, 6.45) is 14.6. The van der Waals surface area contributed by atoms with E-state index in [0.717, 1.165) is 30.2 Å². The summed E-state index contributed by atoms with van der Waals surface area (Å²) in [5.41, 5.74) is 1.03. The first-order valence-corrected chi connectivity index (χ1v) is 11.2. The van der Waals surface area contributed by atoms with Crippen LogP contribution in [0.25, 0.3) is 0 Å². The molecule has 5 rings (SSSR count). The topological polar surface area (TPSA) is 21.3 Å². The van der Waals surface area contributed by atoms with E-state index >= 15 is 0 Å². The molecule has 0 bridgehead atoms. The first-order chi connectivity index (χ1) is 11.8. The fourth-order valence-electron chi connectivity index (χ4n) is 8.76. The second-order valence-electron chi connectivity index (χ2n) is 11.4. The number of hydrogen-bond acceptors (Lipinski definition) is 2. The minimum atomic E-state index is -0.137. The van der Waals surface area contributed by atoms with Gasteiger partial charge in [-0.25, -0.2) is 0 Å². The molecule has 4 aliphatic carbocycles. The second kappa shape index (κ2) is 5.25. The van der Waals surface area contributed by atoms with Crippen molar-refractivity contribution >= 4 is 0 Å². The minimum Gasteiger partial charge on any atom is -0.353 e. The van der Waals surface area contributed by atoms with E-state index in [9.17, 15) is 0 Å². The van der Waals surface area contributed by atoms with Crippen LogP contribution in [-0.2, 0) is 4.74 Å². The Hall–Kier alpha value is -0.0800. The predicted octanol–water partition coefficient (Wildman–Crippen LogP) is 5.51. The van der Waals surface area contributed by atoms with Crippen molar-refractivity contribution in [2.24, 2.45) is 34.5 Å². The van der Waals surface area contributed by atoms with Gasteiger partial charge in [-0.05, 0) is 94.3 Å². The van der Waals surface area contributed by atoms with Crippen LogP contribution in [0.2, 0.25) is 0 Å². The van der Waals surface area contributed by atoms with E-state index in [1.165, 1.54) is 64.2 Å². The lowest BCUT2D eigenvalue weighted by Gasteiger charge is -2.61. The van der Waals surface area contributed by atoms with Crippen molar-refractivity contribution < 1.29 is 4.74 Å². The number of rotatable bonds is 0. The van der Waals surface area contributed by atoms with Crippen molar-refractivity contribution in [1.82, 2.24) is 5.32 Å². The number of ether oxygens (including phenoxy) is 1. The zero-order valence-electron chi connectivity index (χ0n) is 17.0. The molecule has 1 aliphatic heterocycles. The van der Waals surface area contributed by atoms with Crippen LogP contribution >= 0.6 is 0 Å². The van der Waals surface area contributed by atoms with Gasteiger partial charge in [-0.1, -0.05) is 26.7 Å². The van der Waals surface area contributed by atoms with Gasteiger partial charge < -0.3 is 4.74 Å². The van der Waals surface area contributed by atoms with Crippen molar-refractivity contribution in [3.05, 3.63) is 0 Å². The molecular weight excluding hydrogens is 306 g/mol. The lowest BCUT2D eigenvalue weighted by molar-refractivity contribution is -0.180. The Labute approximate surface area is 154 Å². The van der Waals surface area contributed by atoms with Crippen molar-refractivity contribution in [3.8, 4) is 0 Å². The maximum Gasteiger partial charge on any atom is 0.114 e. The summed E-state index contributed by atoms with van der Waals surface area (Å²) in [6.45, 7) is 10.8. The molecule has 7 atom stereocenters. The highest BCUT2D eigenvalue weighted by atomic mass is 16.6. The molecule has 0 unspecified atom stereocenters. The van der Waals surface area contributed by atoms with Crippen LogP contribution in [0.3, 0.4) is 0 Å². The standard InChI is InChI=1S/C23H39NO/c1-20(2)24-15-23(25-20)14-11-19-17-9-8-16-7-5-6-12-21(16,3)18(17)10-13-22(19,23)4/h16-19,24H,5-15H2,1-4H3/t16-,17+,18-,19-,21+,22+,23-/m1/s1. The first kappa shape index (κ1) is 17.0. The predicted molar refractivity (Wildman–Crippen MR) is 102 cm³/mol. The lowest BCUT2D eigenvalue weighted by Crippen LogP contribution is -2.57. The van der Waals surface area contributed by atoms with Crippen molar-refractivity contribution in [2.45, 2.75) is 103 Å². The average molecular weight is 346 g/mol. The van der Waals surface area contributed by atoms with E-state index in [0.29, 0.717) is 10.8 Å². The smallest absolute Gasteiger partial charge is 0.114 e. The zero-order valence-corrected chi connectivity index (χ0v) is 17.0. The largest absolute Gasteiger partial charge is 0.353 e. The van der Waals surface area contributed by atoms with Crippen LogP contribution in [0.4, 0.5) is 0 Å². The molecule has 5 aliphatic rings. The van der Waals surface area contributed by atoms with Crippen molar-refractivity contribution in [2.75, 3.05) is 6.54 Å². The Morgan fingerprint density at radius 1 is 0.800 bits per heavy atom. The minimum absolute atomic E-state index is 0.108. The molecule has 25 heavy (non-hydrogen) atoms. The maximum atomic E-state index is 6.77. The third kappa shape index (κ3) is 2.16. The molecule has 0 radical (unpaired) electrons. The maximum absolute atomic E-state index is 6.77. The van der Waals surface area contributed by atoms with E-state index in [2.05, 4.69) is 33.0 Å². The number of hydrogen-bond donors (Lipinski definition) is 1. The Morgan fingerprint density at radius 2 is 1.60 bits per heavy atom. The average Bonchev–Trinajstić information content (AvgIpc) is 3.04. The molecule has 2 nitrogen and oxygen atoms in total. The molecule has 0 amide bonds. The summed E-state index contributed by atoms with van der Waals surface area (Å²) in [4.78, 5) is 0.